The molecule has 0 aromatic heterocycles. The molecule has 0 saturated carbocycles. The van der Waals surface area contributed by atoms with E-state index in [1.165, 1.54) is 0 Å². The molecule has 2 rings (SSSR count). The van der Waals surface area contributed by atoms with Gasteiger partial charge in [0.25, 0.3) is 0 Å². The van der Waals surface area contributed by atoms with Crippen molar-refractivity contribution in [2.75, 3.05) is 13.7 Å². The molecule has 3 heteroatoms. The van der Waals surface area contributed by atoms with Crippen LogP contribution >= 0.6 is 0 Å². The average Bonchev–Trinajstić information content (AvgIpc) is 2.49. The SMILES string of the molecule is COc1ccc(C(C)=O)cc1COCC1CC=CCC1C. The van der Waals surface area contributed by atoms with Crippen LogP contribution in [-0.2, 0) is 11.3 Å². The van der Waals surface area contributed by atoms with Crippen molar-refractivity contribution in [1.29, 1.82) is 0 Å². The molecule has 1 aliphatic rings. The summed E-state index contributed by atoms with van der Waals surface area (Å²) in [6, 6.07) is 5.49. The standard InChI is InChI=1S/C18H24O3/c1-13-6-4-5-7-16(13)11-21-12-17-10-15(14(2)19)8-9-18(17)20-3/h4-5,8-10,13,16H,6-7,11-12H2,1-3H3. The lowest BCUT2D eigenvalue weighted by Gasteiger charge is -2.25. The number of allylic oxidation sites excluding steroid dienone is 2. The summed E-state index contributed by atoms with van der Waals surface area (Å²) in [5.41, 5.74) is 1.63. The smallest absolute Gasteiger partial charge is 0.159 e. The first-order chi connectivity index (χ1) is 10.1. The topological polar surface area (TPSA) is 35.5 Å². The van der Waals surface area contributed by atoms with Crippen LogP contribution in [0.4, 0.5) is 0 Å². The second-order valence-corrected chi connectivity index (χ2v) is 5.78. The zero-order chi connectivity index (χ0) is 15.2. The van der Waals surface area contributed by atoms with Crippen LogP contribution in [0.15, 0.2) is 30.4 Å². The number of ketones is 1. The predicted octanol–water partition coefficient (Wildman–Crippen LogP) is 4.02. The van der Waals surface area contributed by atoms with Gasteiger partial charge in [0, 0.05) is 11.1 Å². The Kier molecular flexibility index (Phi) is 5.57. The van der Waals surface area contributed by atoms with Gasteiger partial charge >= 0.3 is 0 Å². The zero-order valence-electron chi connectivity index (χ0n) is 13.1. The number of Topliss-reactive ketones (excluding diaryl/α,β-unsaturated/α-hetero) is 1. The van der Waals surface area contributed by atoms with E-state index in [2.05, 4.69) is 19.1 Å². The Balaban J connectivity index is 1.97. The Morgan fingerprint density at radius 2 is 2.05 bits per heavy atom. The molecule has 3 nitrogen and oxygen atoms in total. The van der Waals surface area contributed by atoms with Crippen molar-refractivity contribution in [3.63, 3.8) is 0 Å². The first kappa shape index (κ1) is 15.8. The molecule has 1 aliphatic carbocycles. The van der Waals surface area contributed by atoms with Gasteiger partial charge in [-0.25, -0.2) is 0 Å². The number of carbonyl (C=O) groups is 1. The van der Waals surface area contributed by atoms with Crippen molar-refractivity contribution in [1.82, 2.24) is 0 Å². The summed E-state index contributed by atoms with van der Waals surface area (Å²) >= 11 is 0. The Morgan fingerprint density at radius 1 is 1.29 bits per heavy atom. The van der Waals surface area contributed by atoms with Gasteiger partial charge in [-0.15, -0.1) is 0 Å². The zero-order valence-corrected chi connectivity index (χ0v) is 13.1. The highest BCUT2D eigenvalue weighted by atomic mass is 16.5. The minimum atomic E-state index is 0.0601. The van der Waals surface area contributed by atoms with Crippen molar-refractivity contribution in [3.8, 4) is 5.75 Å². The predicted molar refractivity (Wildman–Crippen MR) is 83.7 cm³/mol. The molecule has 0 bridgehead atoms. The fraction of sp³-hybridized carbons (Fsp3) is 0.500. The molecule has 2 atom stereocenters. The lowest BCUT2D eigenvalue weighted by atomic mass is 9.85. The largest absolute Gasteiger partial charge is 0.496 e. The highest BCUT2D eigenvalue weighted by Crippen LogP contribution is 2.26. The minimum Gasteiger partial charge on any atom is -0.496 e. The highest BCUT2D eigenvalue weighted by molar-refractivity contribution is 5.94. The van der Waals surface area contributed by atoms with E-state index in [1.54, 1.807) is 20.1 Å². The van der Waals surface area contributed by atoms with Crippen LogP contribution in [-0.4, -0.2) is 19.5 Å². The third kappa shape index (κ3) is 4.18. The van der Waals surface area contributed by atoms with Gasteiger partial charge in [0.15, 0.2) is 5.78 Å². The number of benzene rings is 1. The molecule has 0 spiro atoms. The molecule has 0 N–H and O–H groups in total. The average molecular weight is 288 g/mol. The van der Waals surface area contributed by atoms with Crippen LogP contribution in [0.5, 0.6) is 5.75 Å². The summed E-state index contributed by atoms with van der Waals surface area (Å²) < 4.78 is 11.2. The molecule has 0 heterocycles. The molecule has 0 saturated heterocycles. The second kappa shape index (κ2) is 7.41. The van der Waals surface area contributed by atoms with Crippen LogP contribution in [0, 0.1) is 11.8 Å². The van der Waals surface area contributed by atoms with E-state index in [9.17, 15) is 4.79 Å². The van der Waals surface area contributed by atoms with E-state index in [0.29, 0.717) is 24.0 Å². The third-order valence-corrected chi connectivity index (χ3v) is 4.19. The van der Waals surface area contributed by atoms with E-state index >= 15 is 0 Å². The molecular formula is C18H24O3. The Bertz CT molecular complexity index is 519. The van der Waals surface area contributed by atoms with Gasteiger partial charge in [0.2, 0.25) is 0 Å². The Morgan fingerprint density at radius 3 is 2.71 bits per heavy atom. The van der Waals surface area contributed by atoms with Crippen LogP contribution < -0.4 is 4.74 Å². The minimum absolute atomic E-state index is 0.0601. The van der Waals surface area contributed by atoms with Gasteiger partial charge in [0.05, 0.1) is 20.3 Å². The van der Waals surface area contributed by atoms with Crippen molar-refractivity contribution < 1.29 is 14.3 Å². The molecule has 21 heavy (non-hydrogen) atoms. The van der Waals surface area contributed by atoms with Crippen molar-refractivity contribution in [2.45, 2.75) is 33.3 Å². The van der Waals surface area contributed by atoms with Gasteiger partial charge in [-0.1, -0.05) is 19.1 Å². The van der Waals surface area contributed by atoms with Crippen molar-refractivity contribution >= 4 is 5.78 Å². The summed E-state index contributed by atoms with van der Waals surface area (Å²) in [6.45, 7) is 5.08. The van der Waals surface area contributed by atoms with Crippen molar-refractivity contribution in [2.24, 2.45) is 11.8 Å². The molecule has 0 amide bonds. The number of rotatable bonds is 6. The number of methoxy groups -OCH3 is 1. The maximum atomic E-state index is 11.5. The number of carbonyl (C=O) groups excluding carboxylic acids is 1. The summed E-state index contributed by atoms with van der Waals surface area (Å²) in [5, 5.41) is 0. The fourth-order valence-electron chi connectivity index (χ4n) is 2.67. The van der Waals surface area contributed by atoms with E-state index in [0.717, 1.165) is 30.8 Å². The van der Waals surface area contributed by atoms with Crippen LogP contribution in [0.1, 0.15) is 42.6 Å². The summed E-state index contributed by atoms with van der Waals surface area (Å²) in [6.07, 6.45) is 6.72. The van der Waals surface area contributed by atoms with Crippen molar-refractivity contribution in [3.05, 3.63) is 41.5 Å². The lowest BCUT2D eigenvalue weighted by Crippen LogP contribution is -2.19. The number of hydrogen-bond donors (Lipinski definition) is 0. The first-order valence-electron chi connectivity index (χ1n) is 7.52. The maximum Gasteiger partial charge on any atom is 0.159 e. The third-order valence-electron chi connectivity index (χ3n) is 4.19. The van der Waals surface area contributed by atoms with Crippen LogP contribution in [0.25, 0.3) is 0 Å². The molecule has 1 aromatic carbocycles. The van der Waals surface area contributed by atoms with E-state index in [-0.39, 0.29) is 5.78 Å². The highest BCUT2D eigenvalue weighted by Gasteiger charge is 2.18. The van der Waals surface area contributed by atoms with Gasteiger partial charge < -0.3 is 9.47 Å². The van der Waals surface area contributed by atoms with E-state index in [4.69, 9.17) is 9.47 Å². The monoisotopic (exact) mass is 288 g/mol. The van der Waals surface area contributed by atoms with Crippen LogP contribution in [0.2, 0.25) is 0 Å². The molecule has 0 fully saturated rings. The number of hydrogen-bond acceptors (Lipinski definition) is 3. The maximum absolute atomic E-state index is 11.5. The van der Waals surface area contributed by atoms with Gasteiger partial charge in [-0.3, -0.25) is 4.79 Å². The van der Waals surface area contributed by atoms with E-state index < -0.39 is 0 Å². The lowest BCUT2D eigenvalue weighted by molar-refractivity contribution is 0.0669. The van der Waals surface area contributed by atoms with Gasteiger partial charge in [-0.05, 0) is 49.8 Å². The molecule has 1 aromatic rings. The van der Waals surface area contributed by atoms with E-state index in [1.807, 2.05) is 12.1 Å². The summed E-state index contributed by atoms with van der Waals surface area (Å²) in [5.74, 6) is 2.08. The number of ether oxygens (including phenoxy) is 2. The molecule has 2 unspecified atom stereocenters. The Hall–Kier alpha value is -1.61. The molecule has 0 aliphatic heterocycles. The summed E-state index contributed by atoms with van der Waals surface area (Å²) in [7, 11) is 1.64. The molecule has 0 radical (unpaired) electrons. The first-order valence-corrected chi connectivity index (χ1v) is 7.52. The fourth-order valence-corrected chi connectivity index (χ4v) is 2.67. The normalized spacial score (nSPS) is 21.3. The Labute approximate surface area is 127 Å². The summed E-state index contributed by atoms with van der Waals surface area (Å²) in [4.78, 5) is 11.5. The van der Waals surface area contributed by atoms with Gasteiger partial charge in [-0.2, -0.15) is 0 Å². The second-order valence-electron chi connectivity index (χ2n) is 5.78. The van der Waals surface area contributed by atoms with Crippen LogP contribution in [0.3, 0.4) is 0 Å². The molecular weight excluding hydrogens is 264 g/mol. The molecule has 114 valence electrons. The van der Waals surface area contributed by atoms with Gasteiger partial charge in [0.1, 0.15) is 5.75 Å². The quantitative estimate of drug-likeness (QED) is 0.586.